The van der Waals surface area contributed by atoms with Crippen LogP contribution in [0.2, 0.25) is 0 Å². The summed E-state index contributed by atoms with van der Waals surface area (Å²) in [6, 6.07) is 0. The molecule has 1 unspecified atom stereocenters. The first-order chi connectivity index (χ1) is 6.82. The van der Waals surface area contributed by atoms with Crippen LogP contribution in [-0.2, 0) is 14.3 Å². The number of carbonyl (C=O) groups excluding carboxylic acids is 2. The Balaban J connectivity index is 2.75. The standard InChI is InChI=1S/C11H15NO3/c1-7-9(8(13)5-6-12-7)15-10(14)11(2,3)4/h5-6,9H,1-4H3. The molecule has 1 rings (SSSR count). The molecule has 0 saturated carbocycles. The molecule has 15 heavy (non-hydrogen) atoms. The molecule has 0 aliphatic carbocycles. The number of ether oxygens (including phenoxy) is 1. The van der Waals surface area contributed by atoms with Crippen LogP contribution in [0.5, 0.6) is 0 Å². The Kier molecular flexibility index (Phi) is 3.07. The van der Waals surface area contributed by atoms with E-state index in [2.05, 4.69) is 4.99 Å². The molecular formula is C11H15NO3. The van der Waals surface area contributed by atoms with Crippen molar-refractivity contribution in [3.05, 3.63) is 12.3 Å². The van der Waals surface area contributed by atoms with Gasteiger partial charge in [-0.2, -0.15) is 0 Å². The van der Waals surface area contributed by atoms with E-state index in [9.17, 15) is 9.59 Å². The Morgan fingerprint density at radius 1 is 1.47 bits per heavy atom. The maximum absolute atomic E-state index is 11.6. The average Bonchev–Trinajstić information content (AvgIpc) is 2.09. The van der Waals surface area contributed by atoms with Gasteiger partial charge < -0.3 is 4.74 Å². The molecule has 0 aromatic carbocycles. The Hall–Kier alpha value is -1.45. The first-order valence-electron chi connectivity index (χ1n) is 4.78. The van der Waals surface area contributed by atoms with Crippen molar-refractivity contribution < 1.29 is 14.3 Å². The van der Waals surface area contributed by atoms with Crippen LogP contribution in [0.4, 0.5) is 0 Å². The third-order valence-corrected chi connectivity index (χ3v) is 1.99. The topological polar surface area (TPSA) is 55.7 Å². The molecule has 0 amide bonds. The zero-order valence-corrected chi connectivity index (χ0v) is 9.40. The summed E-state index contributed by atoms with van der Waals surface area (Å²) < 4.78 is 5.11. The van der Waals surface area contributed by atoms with E-state index in [1.54, 1.807) is 27.7 Å². The van der Waals surface area contributed by atoms with Crippen LogP contribution in [0.25, 0.3) is 0 Å². The smallest absolute Gasteiger partial charge is 0.312 e. The summed E-state index contributed by atoms with van der Waals surface area (Å²) in [5, 5.41) is 0. The molecular weight excluding hydrogens is 194 g/mol. The maximum atomic E-state index is 11.6. The summed E-state index contributed by atoms with van der Waals surface area (Å²) in [6.07, 6.45) is 1.88. The molecule has 0 radical (unpaired) electrons. The average molecular weight is 209 g/mol. The Morgan fingerprint density at radius 2 is 2.07 bits per heavy atom. The first-order valence-corrected chi connectivity index (χ1v) is 4.78. The summed E-state index contributed by atoms with van der Waals surface area (Å²) in [5.74, 6) is -0.634. The van der Waals surface area contributed by atoms with Crippen LogP contribution < -0.4 is 0 Å². The van der Waals surface area contributed by atoms with Gasteiger partial charge in [0.2, 0.25) is 11.9 Å². The van der Waals surface area contributed by atoms with Crippen LogP contribution in [0.1, 0.15) is 27.7 Å². The SMILES string of the molecule is CC1=NC=CC(=O)C1OC(=O)C(C)(C)C. The molecule has 0 N–H and O–H groups in total. The molecule has 1 aliphatic rings. The van der Waals surface area contributed by atoms with E-state index < -0.39 is 17.5 Å². The Bertz CT molecular complexity index is 347. The van der Waals surface area contributed by atoms with E-state index in [-0.39, 0.29) is 5.78 Å². The van der Waals surface area contributed by atoms with Gasteiger partial charge in [0, 0.05) is 12.3 Å². The number of aliphatic imine (C=N–C) groups is 1. The van der Waals surface area contributed by atoms with Crippen molar-refractivity contribution in [1.29, 1.82) is 0 Å². The van der Waals surface area contributed by atoms with E-state index >= 15 is 0 Å². The van der Waals surface area contributed by atoms with Gasteiger partial charge in [-0.05, 0) is 27.7 Å². The van der Waals surface area contributed by atoms with Crippen LogP contribution in [0.15, 0.2) is 17.3 Å². The highest BCUT2D eigenvalue weighted by Crippen LogP contribution is 2.18. The molecule has 4 heteroatoms. The fourth-order valence-electron chi connectivity index (χ4n) is 1.02. The molecule has 0 aromatic rings. The molecule has 4 nitrogen and oxygen atoms in total. The number of hydrogen-bond acceptors (Lipinski definition) is 4. The lowest BCUT2D eigenvalue weighted by Gasteiger charge is -2.22. The molecule has 0 bridgehead atoms. The van der Waals surface area contributed by atoms with E-state index in [1.165, 1.54) is 12.3 Å². The van der Waals surface area contributed by atoms with Crippen molar-refractivity contribution in [3.8, 4) is 0 Å². The molecule has 1 atom stereocenters. The lowest BCUT2D eigenvalue weighted by molar-refractivity contribution is -0.158. The van der Waals surface area contributed by atoms with Gasteiger partial charge in [-0.25, -0.2) is 0 Å². The first kappa shape index (κ1) is 11.6. The van der Waals surface area contributed by atoms with Gasteiger partial charge in [-0.3, -0.25) is 14.6 Å². The lowest BCUT2D eigenvalue weighted by atomic mass is 9.97. The van der Waals surface area contributed by atoms with Crippen molar-refractivity contribution in [2.75, 3.05) is 0 Å². The minimum atomic E-state index is -0.846. The maximum Gasteiger partial charge on any atom is 0.312 e. The number of ketones is 1. The van der Waals surface area contributed by atoms with Gasteiger partial charge in [0.05, 0.1) is 11.1 Å². The predicted octanol–water partition coefficient (Wildman–Crippen LogP) is 1.50. The van der Waals surface area contributed by atoms with Crippen molar-refractivity contribution >= 4 is 17.5 Å². The van der Waals surface area contributed by atoms with Crippen LogP contribution >= 0.6 is 0 Å². The van der Waals surface area contributed by atoms with Crippen molar-refractivity contribution in [2.24, 2.45) is 10.4 Å². The van der Waals surface area contributed by atoms with Gasteiger partial charge in [0.1, 0.15) is 0 Å². The zero-order valence-electron chi connectivity index (χ0n) is 9.40. The van der Waals surface area contributed by atoms with Gasteiger partial charge in [-0.15, -0.1) is 0 Å². The Morgan fingerprint density at radius 3 is 2.53 bits per heavy atom. The van der Waals surface area contributed by atoms with Crippen molar-refractivity contribution in [2.45, 2.75) is 33.8 Å². The molecule has 0 aromatic heterocycles. The summed E-state index contributed by atoms with van der Waals surface area (Å²) in [5.41, 5.74) is -0.0954. The van der Waals surface area contributed by atoms with Gasteiger partial charge >= 0.3 is 5.97 Å². The summed E-state index contributed by atoms with van der Waals surface area (Å²) in [6.45, 7) is 6.89. The quantitative estimate of drug-likeness (QED) is 0.615. The Labute approximate surface area is 89.0 Å². The van der Waals surface area contributed by atoms with Crippen LogP contribution in [0, 0.1) is 5.41 Å². The highest BCUT2D eigenvalue weighted by Gasteiger charge is 2.31. The summed E-state index contributed by atoms with van der Waals surface area (Å²) in [4.78, 5) is 26.9. The van der Waals surface area contributed by atoms with Crippen LogP contribution in [0.3, 0.4) is 0 Å². The van der Waals surface area contributed by atoms with E-state index in [0.717, 1.165) is 0 Å². The number of nitrogens with zero attached hydrogens (tertiary/aromatic N) is 1. The molecule has 82 valence electrons. The number of hydrogen-bond donors (Lipinski definition) is 0. The third-order valence-electron chi connectivity index (χ3n) is 1.99. The highest BCUT2D eigenvalue weighted by atomic mass is 16.5. The fourth-order valence-corrected chi connectivity index (χ4v) is 1.02. The van der Waals surface area contributed by atoms with Crippen LogP contribution in [-0.4, -0.2) is 23.6 Å². The minimum Gasteiger partial charge on any atom is -0.447 e. The van der Waals surface area contributed by atoms with E-state index in [4.69, 9.17) is 4.74 Å². The largest absolute Gasteiger partial charge is 0.447 e. The second kappa shape index (κ2) is 3.96. The fraction of sp³-hybridized carbons (Fsp3) is 0.545. The normalized spacial score (nSPS) is 21.2. The second-order valence-electron chi connectivity index (χ2n) is 4.52. The third kappa shape index (κ3) is 2.75. The van der Waals surface area contributed by atoms with Crippen molar-refractivity contribution in [1.82, 2.24) is 0 Å². The molecule has 0 spiro atoms. The van der Waals surface area contributed by atoms with Crippen molar-refractivity contribution in [3.63, 3.8) is 0 Å². The molecule has 1 aliphatic heterocycles. The summed E-state index contributed by atoms with van der Waals surface area (Å²) >= 11 is 0. The zero-order chi connectivity index (χ0) is 11.6. The second-order valence-corrected chi connectivity index (χ2v) is 4.52. The highest BCUT2D eigenvalue weighted by molar-refractivity contribution is 6.14. The number of carbonyl (C=O) groups is 2. The van der Waals surface area contributed by atoms with E-state index in [0.29, 0.717) is 5.71 Å². The van der Waals surface area contributed by atoms with Gasteiger partial charge in [0.15, 0.2) is 0 Å². The molecule has 1 heterocycles. The lowest BCUT2D eigenvalue weighted by Crippen LogP contribution is -2.37. The monoisotopic (exact) mass is 209 g/mol. The number of esters is 1. The summed E-state index contributed by atoms with van der Waals surface area (Å²) in [7, 11) is 0. The minimum absolute atomic E-state index is 0.236. The van der Waals surface area contributed by atoms with Gasteiger partial charge in [0.25, 0.3) is 0 Å². The predicted molar refractivity (Wildman–Crippen MR) is 56.6 cm³/mol. The number of rotatable bonds is 1. The molecule has 0 saturated heterocycles. The van der Waals surface area contributed by atoms with E-state index in [1.807, 2.05) is 0 Å². The molecule has 0 fully saturated rings. The van der Waals surface area contributed by atoms with Gasteiger partial charge in [-0.1, -0.05) is 0 Å².